The molecule has 3 heterocycles. The van der Waals surface area contributed by atoms with Crippen LogP contribution in [0.1, 0.15) is 25.0 Å². The normalized spacial score (nSPS) is 22.5. The van der Waals surface area contributed by atoms with Crippen LogP contribution in [-0.2, 0) is 16.1 Å². The predicted octanol–water partition coefficient (Wildman–Crippen LogP) is 0.738. The van der Waals surface area contributed by atoms with Gasteiger partial charge >= 0.3 is 0 Å². The van der Waals surface area contributed by atoms with Gasteiger partial charge in [-0.1, -0.05) is 0 Å². The molecule has 21 heavy (non-hydrogen) atoms. The first-order valence-corrected chi connectivity index (χ1v) is 8.46. The summed E-state index contributed by atoms with van der Waals surface area (Å²) in [5.41, 5.74) is 0.947. The van der Waals surface area contributed by atoms with Crippen molar-refractivity contribution < 1.29 is 9.53 Å². The molecule has 2 aliphatic heterocycles. The van der Waals surface area contributed by atoms with Crippen LogP contribution in [0.3, 0.4) is 0 Å². The highest BCUT2D eigenvalue weighted by atomic mass is 32.1. The minimum absolute atomic E-state index is 0.0497. The van der Waals surface area contributed by atoms with Crippen molar-refractivity contribution in [1.29, 1.82) is 0 Å². The van der Waals surface area contributed by atoms with Gasteiger partial charge in [-0.3, -0.25) is 4.79 Å². The average molecular weight is 310 g/mol. The molecule has 0 radical (unpaired) electrons. The number of hydrogen-bond acceptors (Lipinski definition) is 6. The van der Waals surface area contributed by atoms with Crippen molar-refractivity contribution in [3.05, 3.63) is 11.1 Å². The number of amides is 1. The number of anilines is 1. The van der Waals surface area contributed by atoms with Crippen molar-refractivity contribution in [2.24, 2.45) is 0 Å². The van der Waals surface area contributed by atoms with Crippen LogP contribution >= 0.6 is 11.3 Å². The van der Waals surface area contributed by atoms with Gasteiger partial charge in [0.1, 0.15) is 0 Å². The van der Waals surface area contributed by atoms with Gasteiger partial charge in [0.15, 0.2) is 5.13 Å². The molecule has 6 nitrogen and oxygen atoms in total. The van der Waals surface area contributed by atoms with E-state index in [1.165, 1.54) is 12.8 Å². The van der Waals surface area contributed by atoms with Crippen molar-refractivity contribution in [2.75, 3.05) is 37.7 Å². The summed E-state index contributed by atoms with van der Waals surface area (Å²) >= 11 is 1.67. The highest BCUT2D eigenvalue weighted by Gasteiger charge is 2.18. The third-order valence-corrected chi connectivity index (χ3v) is 4.76. The quantitative estimate of drug-likeness (QED) is 0.840. The Kier molecular flexibility index (Phi) is 5.05. The maximum atomic E-state index is 11.9. The number of rotatable bonds is 5. The fourth-order valence-corrected chi connectivity index (χ4v) is 3.55. The van der Waals surface area contributed by atoms with Crippen molar-refractivity contribution >= 4 is 22.4 Å². The predicted molar refractivity (Wildman–Crippen MR) is 82.6 cm³/mol. The Balaban J connectivity index is 1.42. The van der Waals surface area contributed by atoms with E-state index in [1.807, 2.05) is 5.38 Å². The number of thiazole rings is 1. The summed E-state index contributed by atoms with van der Waals surface area (Å²) in [6.45, 7) is 4.89. The largest absolute Gasteiger partial charge is 0.378 e. The van der Waals surface area contributed by atoms with E-state index in [9.17, 15) is 4.79 Å². The highest BCUT2D eigenvalue weighted by Crippen LogP contribution is 2.24. The molecule has 0 aliphatic carbocycles. The molecule has 7 heteroatoms. The first-order chi connectivity index (χ1) is 10.3. The minimum atomic E-state index is 0.0497. The van der Waals surface area contributed by atoms with E-state index in [1.54, 1.807) is 11.3 Å². The second kappa shape index (κ2) is 7.20. The molecule has 0 aromatic carbocycles. The van der Waals surface area contributed by atoms with Crippen LogP contribution in [0.4, 0.5) is 5.13 Å². The van der Waals surface area contributed by atoms with Gasteiger partial charge in [0.2, 0.25) is 5.91 Å². The summed E-state index contributed by atoms with van der Waals surface area (Å²) in [5, 5.41) is 9.34. The number of nitrogens with zero attached hydrogens (tertiary/aromatic N) is 2. The number of carbonyl (C=O) groups excluding carboxylic acids is 1. The second-order valence-electron chi connectivity index (χ2n) is 5.52. The van der Waals surface area contributed by atoms with E-state index in [4.69, 9.17) is 4.74 Å². The van der Waals surface area contributed by atoms with E-state index < -0.39 is 0 Å². The van der Waals surface area contributed by atoms with Gasteiger partial charge in [-0.25, -0.2) is 4.98 Å². The maximum absolute atomic E-state index is 11.9. The van der Waals surface area contributed by atoms with E-state index in [2.05, 4.69) is 20.5 Å². The van der Waals surface area contributed by atoms with Crippen LogP contribution in [0.25, 0.3) is 0 Å². The summed E-state index contributed by atoms with van der Waals surface area (Å²) in [4.78, 5) is 18.8. The van der Waals surface area contributed by atoms with Crippen molar-refractivity contribution in [1.82, 2.24) is 15.6 Å². The van der Waals surface area contributed by atoms with E-state index in [0.29, 0.717) is 19.6 Å². The smallest absolute Gasteiger partial charge is 0.221 e. The van der Waals surface area contributed by atoms with Gasteiger partial charge in [-0.05, 0) is 12.8 Å². The summed E-state index contributed by atoms with van der Waals surface area (Å²) < 4.78 is 5.35. The Morgan fingerprint density at radius 2 is 2.38 bits per heavy atom. The molecule has 1 aromatic rings. The summed E-state index contributed by atoms with van der Waals surface area (Å²) in [6, 6.07) is 0.134. The number of hydrogen-bond donors (Lipinski definition) is 2. The Morgan fingerprint density at radius 1 is 1.52 bits per heavy atom. The van der Waals surface area contributed by atoms with Crippen molar-refractivity contribution in [3.63, 3.8) is 0 Å². The Bertz CT molecular complexity index is 467. The topological polar surface area (TPSA) is 66.5 Å². The van der Waals surface area contributed by atoms with Gasteiger partial charge < -0.3 is 20.3 Å². The molecular weight excluding hydrogens is 288 g/mol. The van der Waals surface area contributed by atoms with Gasteiger partial charge in [-0.15, -0.1) is 11.3 Å². The van der Waals surface area contributed by atoms with Crippen LogP contribution in [0.2, 0.25) is 0 Å². The number of aromatic nitrogens is 1. The number of morpholine rings is 1. The summed E-state index contributed by atoms with van der Waals surface area (Å²) in [6.07, 6.45) is 2.97. The molecule has 1 amide bonds. The van der Waals surface area contributed by atoms with Gasteiger partial charge in [0.25, 0.3) is 0 Å². The lowest BCUT2D eigenvalue weighted by Crippen LogP contribution is -2.44. The zero-order valence-electron chi connectivity index (χ0n) is 12.1. The Morgan fingerprint density at radius 3 is 3.14 bits per heavy atom. The second-order valence-corrected chi connectivity index (χ2v) is 6.36. The Labute approximate surface area is 128 Å². The average Bonchev–Trinajstić information content (AvgIpc) is 3.17. The SMILES string of the molecule is O=C(CC1COCCN1)NCc1csc(N2CCCC2)n1. The van der Waals surface area contributed by atoms with Gasteiger partial charge in [-0.2, -0.15) is 0 Å². The third kappa shape index (κ3) is 4.15. The number of ether oxygens (including phenoxy) is 1. The van der Waals surface area contributed by atoms with Gasteiger partial charge in [0.05, 0.1) is 25.5 Å². The fraction of sp³-hybridized carbons (Fsp3) is 0.714. The maximum Gasteiger partial charge on any atom is 0.221 e. The van der Waals surface area contributed by atoms with Crippen LogP contribution in [0.15, 0.2) is 5.38 Å². The lowest BCUT2D eigenvalue weighted by molar-refractivity contribution is -0.122. The molecular formula is C14H22N4O2S. The van der Waals surface area contributed by atoms with E-state index in [0.717, 1.165) is 37.1 Å². The molecule has 0 spiro atoms. The molecule has 3 rings (SSSR count). The van der Waals surface area contributed by atoms with Crippen LogP contribution in [-0.4, -0.2) is 49.8 Å². The standard InChI is InChI=1S/C14H22N4O2S/c19-13(7-11-9-20-6-3-15-11)16-8-12-10-21-14(17-12)18-4-1-2-5-18/h10-11,15H,1-9H2,(H,16,19). The van der Waals surface area contributed by atoms with Crippen molar-refractivity contribution in [3.8, 4) is 0 Å². The van der Waals surface area contributed by atoms with E-state index in [-0.39, 0.29) is 11.9 Å². The molecule has 1 unspecified atom stereocenters. The molecule has 1 atom stereocenters. The van der Waals surface area contributed by atoms with Crippen molar-refractivity contribution in [2.45, 2.75) is 31.8 Å². The monoisotopic (exact) mass is 310 g/mol. The fourth-order valence-electron chi connectivity index (χ4n) is 2.67. The van der Waals surface area contributed by atoms with Crippen LogP contribution in [0.5, 0.6) is 0 Å². The molecule has 0 saturated carbocycles. The zero-order chi connectivity index (χ0) is 14.5. The molecule has 2 aliphatic rings. The molecule has 2 N–H and O–H groups in total. The van der Waals surface area contributed by atoms with E-state index >= 15 is 0 Å². The summed E-state index contributed by atoms with van der Waals surface area (Å²) in [5.74, 6) is 0.0497. The highest BCUT2D eigenvalue weighted by molar-refractivity contribution is 7.13. The van der Waals surface area contributed by atoms with Crippen LogP contribution < -0.4 is 15.5 Å². The van der Waals surface area contributed by atoms with Gasteiger partial charge in [0, 0.05) is 37.5 Å². The first kappa shape index (κ1) is 14.7. The molecule has 1 aromatic heterocycles. The minimum Gasteiger partial charge on any atom is -0.378 e. The summed E-state index contributed by atoms with van der Waals surface area (Å²) in [7, 11) is 0. The number of nitrogens with one attached hydrogen (secondary N) is 2. The first-order valence-electron chi connectivity index (χ1n) is 7.58. The molecule has 0 bridgehead atoms. The number of carbonyl (C=O) groups is 1. The Hall–Kier alpha value is -1.18. The molecule has 2 saturated heterocycles. The molecule has 116 valence electrons. The zero-order valence-corrected chi connectivity index (χ0v) is 13.0. The lowest BCUT2D eigenvalue weighted by Gasteiger charge is -2.23. The lowest BCUT2D eigenvalue weighted by atomic mass is 10.2. The molecule has 2 fully saturated rings. The third-order valence-electron chi connectivity index (χ3n) is 3.81. The van der Waals surface area contributed by atoms with Crippen LogP contribution in [0, 0.1) is 0 Å².